The third kappa shape index (κ3) is 3.18. The first-order valence-corrected chi connectivity index (χ1v) is 9.03. The summed E-state index contributed by atoms with van der Waals surface area (Å²) < 4.78 is 6.89. The average Bonchev–Trinajstić information content (AvgIpc) is 3.30. The van der Waals surface area contributed by atoms with Gasteiger partial charge < -0.3 is 15.5 Å². The van der Waals surface area contributed by atoms with Crippen LogP contribution in [0, 0.1) is 3.57 Å². The highest BCUT2D eigenvalue weighted by Crippen LogP contribution is 2.31. The van der Waals surface area contributed by atoms with Gasteiger partial charge in [0, 0.05) is 27.1 Å². The van der Waals surface area contributed by atoms with Gasteiger partial charge in [0.05, 0.1) is 5.56 Å². The zero-order valence-electron chi connectivity index (χ0n) is 13.0. The lowest BCUT2D eigenvalue weighted by atomic mass is 10.1. The molecule has 4 nitrogen and oxygen atoms in total. The molecule has 1 aromatic heterocycles. The fourth-order valence-corrected chi connectivity index (χ4v) is 3.43. The van der Waals surface area contributed by atoms with Crippen molar-refractivity contribution in [2.75, 3.05) is 0 Å². The quantitative estimate of drug-likeness (QED) is 0.598. The molecule has 1 aliphatic carbocycles. The van der Waals surface area contributed by atoms with Gasteiger partial charge in [0.2, 0.25) is 0 Å². The molecule has 0 bridgehead atoms. The van der Waals surface area contributed by atoms with Gasteiger partial charge in [-0.05, 0) is 59.2 Å². The summed E-state index contributed by atoms with van der Waals surface area (Å²) in [5, 5.41) is 4.40. The van der Waals surface area contributed by atoms with Crippen LogP contribution in [0.2, 0.25) is 0 Å². The Labute approximate surface area is 153 Å². The molecule has 1 aliphatic rings. The van der Waals surface area contributed by atoms with Crippen molar-refractivity contribution in [3.8, 4) is 11.3 Å². The summed E-state index contributed by atoms with van der Waals surface area (Å²) in [7, 11) is 0. The third-order valence-corrected chi connectivity index (χ3v) is 4.88. The number of rotatable bonds is 5. The number of nitrogens with one attached hydrogen (secondary N) is 1. The Morgan fingerprint density at radius 1 is 1.21 bits per heavy atom. The van der Waals surface area contributed by atoms with Gasteiger partial charge in [-0.2, -0.15) is 0 Å². The largest absolute Gasteiger partial charge is 0.455 e. The minimum atomic E-state index is -0.471. The van der Waals surface area contributed by atoms with E-state index in [2.05, 4.69) is 52.2 Å². The smallest absolute Gasteiger partial charge is 0.252 e. The number of hydrogen-bond acceptors (Lipinski definition) is 3. The lowest BCUT2D eigenvalue weighted by molar-refractivity contribution is 0.100. The van der Waals surface area contributed by atoms with Crippen LogP contribution in [0.15, 0.2) is 46.9 Å². The van der Waals surface area contributed by atoms with Crippen LogP contribution in [0.5, 0.6) is 0 Å². The molecule has 0 saturated heterocycles. The lowest BCUT2D eigenvalue weighted by Crippen LogP contribution is -2.14. The summed E-state index contributed by atoms with van der Waals surface area (Å²) in [6.07, 6.45) is 2.58. The summed E-state index contributed by atoms with van der Waals surface area (Å²) in [6, 6.07) is 14.7. The lowest BCUT2D eigenvalue weighted by Gasteiger charge is -2.04. The van der Waals surface area contributed by atoms with Crippen LogP contribution >= 0.6 is 22.6 Å². The van der Waals surface area contributed by atoms with E-state index in [0.29, 0.717) is 17.2 Å². The molecule has 0 spiro atoms. The zero-order chi connectivity index (χ0) is 16.7. The van der Waals surface area contributed by atoms with Crippen molar-refractivity contribution in [3.05, 3.63) is 57.2 Å². The van der Waals surface area contributed by atoms with Crippen molar-refractivity contribution >= 4 is 39.5 Å². The molecule has 1 saturated carbocycles. The van der Waals surface area contributed by atoms with Gasteiger partial charge in [0.1, 0.15) is 11.3 Å². The van der Waals surface area contributed by atoms with E-state index >= 15 is 0 Å². The first kappa shape index (κ1) is 15.7. The maximum atomic E-state index is 11.6. The highest BCUT2D eigenvalue weighted by Gasteiger charge is 2.20. The van der Waals surface area contributed by atoms with Crippen molar-refractivity contribution in [2.45, 2.75) is 25.4 Å². The Morgan fingerprint density at radius 2 is 1.96 bits per heavy atom. The normalized spacial score (nSPS) is 14.2. The summed E-state index contributed by atoms with van der Waals surface area (Å²) in [5.74, 6) is 0.275. The molecule has 3 aromatic rings. The van der Waals surface area contributed by atoms with Gasteiger partial charge in [-0.3, -0.25) is 4.79 Å². The Bertz CT molecular complexity index is 911. The van der Waals surface area contributed by atoms with Gasteiger partial charge in [-0.15, -0.1) is 0 Å². The fraction of sp³-hybridized carbons (Fsp3) is 0.211. The summed E-state index contributed by atoms with van der Waals surface area (Å²) in [4.78, 5) is 11.6. The molecule has 0 aliphatic heterocycles. The molecule has 1 fully saturated rings. The Morgan fingerprint density at radius 3 is 2.62 bits per heavy atom. The number of amides is 1. The zero-order valence-corrected chi connectivity index (χ0v) is 15.2. The van der Waals surface area contributed by atoms with Gasteiger partial charge in [0.15, 0.2) is 0 Å². The van der Waals surface area contributed by atoms with Crippen molar-refractivity contribution in [2.24, 2.45) is 5.73 Å². The number of hydrogen-bond donors (Lipinski definition) is 2. The van der Waals surface area contributed by atoms with Crippen LogP contribution in [-0.2, 0) is 6.54 Å². The molecular formula is C19H17IN2O2. The van der Waals surface area contributed by atoms with Crippen molar-refractivity contribution in [1.82, 2.24) is 5.32 Å². The minimum Gasteiger partial charge on any atom is -0.455 e. The standard InChI is InChI=1S/C19H17IN2O2/c20-14-7-13-8-17(24-18(13)16(9-14)19(21)23)12-3-1-11(2-4-12)10-22-15-5-6-15/h1-4,7-9,15,22H,5-6,10H2,(H2,21,23). The van der Waals surface area contributed by atoms with Crippen LogP contribution < -0.4 is 11.1 Å². The maximum absolute atomic E-state index is 11.6. The molecule has 2 aromatic carbocycles. The number of primary amides is 1. The Hall–Kier alpha value is -1.86. The summed E-state index contributed by atoms with van der Waals surface area (Å²) in [6.45, 7) is 0.898. The number of carbonyl (C=O) groups is 1. The molecule has 0 radical (unpaired) electrons. The number of furan rings is 1. The molecule has 3 N–H and O–H groups in total. The topological polar surface area (TPSA) is 68.3 Å². The van der Waals surface area contributed by atoms with Crippen LogP contribution in [0.1, 0.15) is 28.8 Å². The monoisotopic (exact) mass is 432 g/mol. The second-order valence-corrected chi connectivity index (χ2v) is 7.44. The number of carbonyl (C=O) groups excluding carboxylic acids is 1. The molecule has 122 valence electrons. The molecular weight excluding hydrogens is 415 g/mol. The molecule has 1 heterocycles. The van der Waals surface area contributed by atoms with Crippen LogP contribution in [0.25, 0.3) is 22.3 Å². The van der Waals surface area contributed by atoms with Gasteiger partial charge >= 0.3 is 0 Å². The van der Waals surface area contributed by atoms with Crippen molar-refractivity contribution < 1.29 is 9.21 Å². The highest BCUT2D eigenvalue weighted by molar-refractivity contribution is 14.1. The molecule has 0 unspecified atom stereocenters. The van der Waals surface area contributed by atoms with Crippen LogP contribution in [-0.4, -0.2) is 11.9 Å². The Balaban J connectivity index is 1.65. The second-order valence-electron chi connectivity index (χ2n) is 6.20. The number of nitrogens with two attached hydrogens (primary N) is 1. The second kappa shape index (κ2) is 6.22. The minimum absolute atomic E-state index is 0.424. The van der Waals surface area contributed by atoms with Gasteiger partial charge in [0.25, 0.3) is 5.91 Å². The van der Waals surface area contributed by atoms with Gasteiger partial charge in [-0.25, -0.2) is 0 Å². The van der Waals surface area contributed by atoms with E-state index in [-0.39, 0.29) is 0 Å². The molecule has 24 heavy (non-hydrogen) atoms. The fourth-order valence-electron chi connectivity index (χ4n) is 2.78. The van der Waals surface area contributed by atoms with E-state index in [1.165, 1.54) is 18.4 Å². The van der Waals surface area contributed by atoms with E-state index in [1.54, 1.807) is 6.07 Å². The predicted molar refractivity (Wildman–Crippen MR) is 103 cm³/mol. The van der Waals surface area contributed by atoms with Crippen LogP contribution in [0.3, 0.4) is 0 Å². The van der Waals surface area contributed by atoms with E-state index in [4.69, 9.17) is 10.2 Å². The number of halogens is 1. The van der Waals surface area contributed by atoms with E-state index in [0.717, 1.165) is 26.8 Å². The van der Waals surface area contributed by atoms with Gasteiger partial charge in [-0.1, -0.05) is 24.3 Å². The molecule has 0 atom stereocenters. The molecule has 4 rings (SSSR count). The molecule has 5 heteroatoms. The molecule has 1 amide bonds. The van der Waals surface area contributed by atoms with Crippen LogP contribution in [0.4, 0.5) is 0 Å². The SMILES string of the molecule is NC(=O)c1cc(I)cc2cc(-c3ccc(CNC4CC4)cc3)oc12. The van der Waals surface area contributed by atoms with E-state index in [1.807, 2.05) is 12.1 Å². The van der Waals surface area contributed by atoms with Crippen molar-refractivity contribution in [3.63, 3.8) is 0 Å². The van der Waals surface area contributed by atoms with E-state index < -0.39 is 5.91 Å². The van der Waals surface area contributed by atoms with E-state index in [9.17, 15) is 4.79 Å². The highest BCUT2D eigenvalue weighted by atomic mass is 127. The number of benzene rings is 2. The maximum Gasteiger partial charge on any atom is 0.252 e. The first-order valence-electron chi connectivity index (χ1n) is 7.96. The summed E-state index contributed by atoms with van der Waals surface area (Å²) >= 11 is 2.18. The summed E-state index contributed by atoms with van der Waals surface area (Å²) in [5.41, 5.74) is 8.70. The first-order chi connectivity index (χ1) is 11.6. The van der Waals surface area contributed by atoms with Crippen molar-refractivity contribution in [1.29, 1.82) is 0 Å². The average molecular weight is 432 g/mol. The third-order valence-electron chi connectivity index (χ3n) is 4.26. The number of fused-ring (bicyclic) bond motifs is 1. The Kier molecular flexibility index (Phi) is 4.05. The predicted octanol–water partition coefficient (Wildman–Crippen LogP) is 4.06.